The first-order chi connectivity index (χ1) is 13.4. The van der Waals surface area contributed by atoms with Crippen molar-refractivity contribution < 1.29 is 9.59 Å². The van der Waals surface area contributed by atoms with E-state index in [-0.39, 0.29) is 11.5 Å². The Balaban J connectivity index is 1.92. The van der Waals surface area contributed by atoms with Gasteiger partial charge in [-0.15, -0.1) is 0 Å². The second-order valence-corrected chi connectivity index (χ2v) is 6.53. The monoisotopic (exact) mass is 381 g/mol. The third-order valence-corrected chi connectivity index (χ3v) is 4.40. The number of amides is 2. The van der Waals surface area contributed by atoms with Crippen LogP contribution in [-0.4, -0.2) is 32.4 Å². The number of anilines is 3. The predicted molar refractivity (Wildman–Crippen MR) is 108 cm³/mol. The Bertz CT molecular complexity index is 1030. The fraction of sp³-hybridized carbons (Fsp3) is 0.263. The van der Waals surface area contributed by atoms with Crippen LogP contribution in [0, 0.1) is 0 Å². The standard InChI is InChI=1S/C19H23N7O2/c1-3-4-13(17(20)27)24-15-10-22-16(18(21)28)19(25-15)23-12-5-6-14-11(9-12)7-8-26(14)2/h5-10,13H,3-4H2,1-2H3,(H2,20,27)(H2,21,28)(H2,23,24,25). The molecule has 0 saturated heterocycles. The van der Waals surface area contributed by atoms with Crippen LogP contribution in [-0.2, 0) is 11.8 Å². The molecule has 9 nitrogen and oxygen atoms in total. The number of hydrogen-bond acceptors (Lipinski definition) is 6. The zero-order valence-electron chi connectivity index (χ0n) is 15.8. The maximum atomic E-state index is 11.8. The minimum Gasteiger partial charge on any atom is -0.368 e. The first kappa shape index (κ1) is 19.2. The minimum absolute atomic E-state index is 0.00447. The average Bonchev–Trinajstić information content (AvgIpc) is 3.01. The van der Waals surface area contributed by atoms with Crippen LogP contribution in [0.25, 0.3) is 10.9 Å². The number of carbonyl (C=O) groups excluding carboxylic acids is 2. The van der Waals surface area contributed by atoms with E-state index in [1.807, 2.05) is 49.0 Å². The molecule has 0 aliphatic rings. The van der Waals surface area contributed by atoms with Crippen molar-refractivity contribution in [2.24, 2.45) is 18.5 Å². The fourth-order valence-electron chi connectivity index (χ4n) is 2.97. The van der Waals surface area contributed by atoms with Crippen molar-refractivity contribution in [2.45, 2.75) is 25.8 Å². The number of nitrogens with one attached hydrogen (secondary N) is 2. The van der Waals surface area contributed by atoms with E-state index in [1.54, 1.807) is 0 Å². The van der Waals surface area contributed by atoms with Gasteiger partial charge in [0.15, 0.2) is 11.5 Å². The Morgan fingerprint density at radius 2 is 2.04 bits per heavy atom. The van der Waals surface area contributed by atoms with Gasteiger partial charge in [-0.05, 0) is 30.7 Å². The number of aryl methyl sites for hydroxylation is 1. The summed E-state index contributed by atoms with van der Waals surface area (Å²) in [6.07, 6.45) is 4.65. The highest BCUT2D eigenvalue weighted by Gasteiger charge is 2.18. The summed E-state index contributed by atoms with van der Waals surface area (Å²) in [6, 6.07) is 7.18. The Labute approximate surface area is 162 Å². The van der Waals surface area contributed by atoms with Crippen molar-refractivity contribution in [3.8, 4) is 0 Å². The van der Waals surface area contributed by atoms with E-state index in [2.05, 4.69) is 20.6 Å². The molecule has 3 aromatic rings. The van der Waals surface area contributed by atoms with Gasteiger partial charge < -0.3 is 26.7 Å². The summed E-state index contributed by atoms with van der Waals surface area (Å²) < 4.78 is 2.01. The van der Waals surface area contributed by atoms with Gasteiger partial charge in [-0.1, -0.05) is 13.3 Å². The molecule has 0 saturated carbocycles. The summed E-state index contributed by atoms with van der Waals surface area (Å²) in [5, 5.41) is 7.09. The molecule has 2 heterocycles. The van der Waals surface area contributed by atoms with Gasteiger partial charge in [0.2, 0.25) is 5.91 Å². The highest BCUT2D eigenvalue weighted by Crippen LogP contribution is 2.24. The van der Waals surface area contributed by atoms with Crippen LogP contribution >= 0.6 is 0 Å². The number of rotatable bonds is 8. The maximum absolute atomic E-state index is 11.8. The van der Waals surface area contributed by atoms with Gasteiger partial charge >= 0.3 is 0 Å². The van der Waals surface area contributed by atoms with Gasteiger partial charge in [0.25, 0.3) is 5.91 Å². The highest BCUT2D eigenvalue weighted by atomic mass is 16.1. The van der Waals surface area contributed by atoms with Gasteiger partial charge in [-0.2, -0.15) is 0 Å². The lowest BCUT2D eigenvalue weighted by atomic mass is 10.1. The van der Waals surface area contributed by atoms with Crippen LogP contribution < -0.4 is 22.1 Å². The number of carbonyl (C=O) groups is 2. The van der Waals surface area contributed by atoms with Gasteiger partial charge in [0.1, 0.15) is 11.9 Å². The van der Waals surface area contributed by atoms with Crippen molar-refractivity contribution in [2.75, 3.05) is 10.6 Å². The van der Waals surface area contributed by atoms with Crippen molar-refractivity contribution in [1.29, 1.82) is 0 Å². The highest BCUT2D eigenvalue weighted by molar-refractivity contribution is 5.97. The average molecular weight is 381 g/mol. The zero-order valence-corrected chi connectivity index (χ0v) is 15.8. The van der Waals surface area contributed by atoms with Crippen LogP contribution in [0.5, 0.6) is 0 Å². The molecule has 0 bridgehead atoms. The van der Waals surface area contributed by atoms with Crippen LogP contribution in [0.3, 0.4) is 0 Å². The molecular weight excluding hydrogens is 358 g/mol. The third kappa shape index (κ3) is 4.03. The molecule has 28 heavy (non-hydrogen) atoms. The molecule has 2 aromatic heterocycles. The minimum atomic E-state index is -0.706. The first-order valence-corrected chi connectivity index (χ1v) is 8.94. The van der Waals surface area contributed by atoms with Crippen LogP contribution in [0.15, 0.2) is 36.7 Å². The summed E-state index contributed by atoms with van der Waals surface area (Å²) in [5.41, 5.74) is 12.7. The fourth-order valence-corrected chi connectivity index (χ4v) is 2.97. The van der Waals surface area contributed by atoms with E-state index in [4.69, 9.17) is 11.5 Å². The molecule has 6 N–H and O–H groups in total. The number of hydrogen-bond donors (Lipinski definition) is 4. The van der Waals surface area contributed by atoms with Crippen LogP contribution in [0.2, 0.25) is 0 Å². The van der Waals surface area contributed by atoms with Gasteiger partial charge in [-0.3, -0.25) is 9.59 Å². The van der Waals surface area contributed by atoms with Crippen LogP contribution in [0.1, 0.15) is 30.3 Å². The molecule has 146 valence electrons. The number of benzene rings is 1. The van der Waals surface area contributed by atoms with Crippen molar-refractivity contribution >= 4 is 40.0 Å². The number of primary amides is 2. The summed E-state index contributed by atoms with van der Waals surface area (Å²) in [4.78, 5) is 31.8. The Kier molecular flexibility index (Phi) is 5.44. The number of fused-ring (bicyclic) bond motifs is 1. The van der Waals surface area contributed by atoms with E-state index < -0.39 is 17.9 Å². The van der Waals surface area contributed by atoms with Gasteiger partial charge in [-0.25, -0.2) is 9.97 Å². The SMILES string of the molecule is CCCC(Nc1cnc(C(N)=O)c(Nc2ccc3c(ccn3C)c2)n1)C(N)=O. The zero-order chi connectivity index (χ0) is 20.3. The Morgan fingerprint density at radius 1 is 1.25 bits per heavy atom. The second kappa shape index (κ2) is 7.95. The van der Waals surface area contributed by atoms with Crippen molar-refractivity contribution in [3.63, 3.8) is 0 Å². The molecular formula is C19H23N7O2. The largest absolute Gasteiger partial charge is 0.368 e. The van der Waals surface area contributed by atoms with E-state index in [0.29, 0.717) is 12.2 Å². The third-order valence-electron chi connectivity index (χ3n) is 4.40. The van der Waals surface area contributed by atoms with E-state index in [9.17, 15) is 9.59 Å². The second-order valence-electron chi connectivity index (χ2n) is 6.53. The van der Waals surface area contributed by atoms with E-state index in [1.165, 1.54) is 6.20 Å². The molecule has 1 atom stereocenters. The smallest absolute Gasteiger partial charge is 0.271 e. The molecule has 3 rings (SSSR count). The predicted octanol–water partition coefficient (Wildman–Crippen LogP) is 1.88. The lowest BCUT2D eigenvalue weighted by Gasteiger charge is -2.16. The molecule has 0 aliphatic heterocycles. The summed E-state index contributed by atoms with van der Waals surface area (Å²) in [6.45, 7) is 1.95. The molecule has 1 aromatic carbocycles. The van der Waals surface area contributed by atoms with Crippen molar-refractivity contribution in [1.82, 2.24) is 14.5 Å². The molecule has 2 amide bonds. The van der Waals surface area contributed by atoms with E-state index >= 15 is 0 Å². The Morgan fingerprint density at radius 3 is 2.71 bits per heavy atom. The number of nitrogens with two attached hydrogens (primary N) is 2. The molecule has 0 radical (unpaired) electrons. The maximum Gasteiger partial charge on any atom is 0.271 e. The summed E-state index contributed by atoms with van der Waals surface area (Å²) in [5.74, 6) is -0.660. The molecule has 0 aliphatic carbocycles. The van der Waals surface area contributed by atoms with Crippen molar-refractivity contribution in [3.05, 3.63) is 42.4 Å². The first-order valence-electron chi connectivity index (χ1n) is 8.94. The lowest BCUT2D eigenvalue weighted by Crippen LogP contribution is -2.35. The molecule has 0 spiro atoms. The molecule has 9 heteroatoms. The van der Waals surface area contributed by atoms with Gasteiger partial charge in [0, 0.05) is 29.8 Å². The van der Waals surface area contributed by atoms with Gasteiger partial charge in [0.05, 0.1) is 6.20 Å². The van der Waals surface area contributed by atoms with E-state index in [0.717, 1.165) is 23.0 Å². The van der Waals surface area contributed by atoms with Crippen LogP contribution in [0.4, 0.5) is 17.3 Å². The molecule has 1 unspecified atom stereocenters. The summed E-state index contributed by atoms with van der Waals surface area (Å²) >= 11 is 0. The normalized spacial score (nSPS) is 11.9. The quantitative estimate of drug-likeness (QED) is 0.469. The summed E-state index contributed by atoms with van der Waals surface area (Å²) in [7, 11) is 1.96. The lowest BCUT2D eigenvalue weighted by molar-refractivity contribution is -0.118. The number of nitrogens with zero attached hydrogens (tertiary/aromatic N) is 3. The topological polar surface area (TPSA) is 141 Å². The molecule has 0 fully saturated rings. The number of aromatic nitrogens is 3. The Hall–Kier alpha value is -3.62.